The van der Waals surface area contributed by atoms with Crippen molar-refractivity contribution in [2.24, 2.45) is 0 Å². The zero-order valence-electron chi connectivity index (χ0n) is 9.28. The number of hydrogen-bond donors (Lipinski definition) is 2. The Morgan fingerprint density at radius 3 is 2.81 bits per heavy atom. The first-order valence-corrected chi connectivity index (χ1v) is 5.99. The first kappa shape index (κ1) is 11.6. The van der Waals surface area contributed by atoms with Crippen molar-refractivity contribution in [2.45, 2.75) is 44.8 Å². The van der Waals surface area contributed by atoms with Crippen molar-refractivity contribution in [1.82, 2.24) is 10.2 Å². The predicted octanol–water partition coefficient (Wildman–Crippen LogP) is 2.15. The van der Waals surface area contributed by atoms with Crippen LogP contribution in [0.25, 0.3) is 0 Å². The molecule has 1 fully saturated rings. The molecule has 0 amide bonds. The number of aliphatic hydroxyl groups is 1. The Morgan fingerprint density at radius 2 is 2.12 bits per heavy atom. The van der Waals surface area contributed by atoms with Crippen molar-refractivity contribution in [2.75, 3.05) is 5.32 Å². The van der Waals surface area contributed by atoms with Crippen LogP contribution in [0.4, 0.5) is 5.82 Å². The predicted molar refractivity (Wildman–Crippen MR) is 63.7 cm³/mol. The minimum Gasteiger partial charge on any atom is -0.391 e. The molecule has 0 aromatic carbocycles. The van der Waals surface area contributed by atoms with Crippen molar-refractivity contribution >= 4 is 17.4 Å². The van der Waals surface area contributed by atoms with E-state index < -0.39 is 0 Å². The monoisotopic (exact) mass is 241 g/mol. The normalized spacial score (nSPS) is 25.4. The van der Waals surface area contributed by atoms with Crippen LogP contribution in [-0.2, 0) is 0 Å². The first-order valence-electron chi connectivity index (χ1n) is 5.61. The first-order chi connectivity index (χ1) is 7.66. The maximum Gasteiger partial charge on any atom is 0.152 e. The molecule has 0 spiro atoms. The zero-order valence-corrected chi connectivity index (χ0v) is 10.0. The van der Waals surface area contributed by atoms with Gasteiger partial charge in [0.1, 0.15) is 0 Å². The lowest BCUT2D eigenvalue weighted by Gasteiger charge is -2.28. The summed E-state index contributed by atoms with van der Waals surface area (Å²) >= 11 is 5.74. The molecule has 2 rings (SSSR count). The Kier molecular flexibility index (Phi) is 3.61. The van der Waals surface area contributed by atoms with Crippen LogP contribution in [-0.4, -0.2) is 27.4 Å². The summed E-state index contributed by atoms with van der Waals surface area (Å²) in [7, 11) is 0. The van der Waals surface area contributed by atoms with Gasteiger partial charge in [-0.1, -0.05) is 24.4 Å². The average molecular weight is 242 g/mol. The standard InChI is InChI=1S/C11H16ClN3O/c1-7-6-10(12)14-15-11(7)13-8-4-2-3-5-9(8)16/h6,8-9,16H,2-5H2,1H3,(H,13,15)/t8-,9-/m1/s1. The van der Waals surface area contributed by atoms with Crippen LogP contribution in [0.2, 0.25) is 5.15 Å². The molecule has 5 heteroatoms. The molecule has 0 unspecified atom stereocenters. The van der Waals surface area contributed by atoms with E-state index in [1.807, 2.05) is 6.92 Å². The van der Waals surface area contributed by atoms with Crippen LogP contribution in [0.3, 0.4) is 0 Å². The number of aliphatic hydroxyl groups excluding tert-OH is 1. The molecule has 0 aliphatic heterocycles. The van der Waals surface area contributed by atoms with Gasteiger partial charge in [-0.25, -0.2) is 0 Å². The lowest BCUT2D eigenvalue weighted by Crippen LogP contribution is -2.36. The minimum atomic E-state index is -0.286. The Hall–Kier alpha value is -0.870. The maximum atomic E-state index is 9.84. The Labute approximate surface area is 100 Å². The molecular weight excluding hydrogens is 226 g/mol. The maximum absolute atomic E-state index is 9.84. The lowest BCUT2D eigenvalue weighted by atomic mass is 9.92. The number of halogens is 1. The van der Waals surface area contributed by atoms with Crippen molar-refractivity contribution in [3.8, 4) is 0 Å². The quantitative estimate of drug-likeness (QED) is 0.833. The molecule has 0 radical (unpaired) electrons. The molecule has 0 saturated heterocycles. The van der Waals surface area contributed by atoms with E-state index in [1.54, 1.807) is 6.07 Å². The van der Waals surface area contributed by atoms with Crippen LogP contribution >= 0.6 is 11.6 Å². The van der Waals surface area contributed by atoms with Gasteiger partial charge in [-0.3, -0.25) is 0 Å². The van der Waals surface area contributed by atoms with E-state index in [9.17, 15) is 5.11 Å². The molecule has 1 aliphatic rings. The number of hydrogen-bond acceptors (Lipinski definition) is 4. The fraction of sp³-hybridized carbons (Fsp3) is 0.636. The number of nitrogens with zero attached hydrogens (tertiary/aromatic N) is 2. The van der Waals surface area contributed by atoms with Gasteiger partial charge >= 0.3 is 0 Å². The largest absolute Gasteiger partial charge is 0.391 e. The van der Waals surface area contributed by atoms with E-state index in [0.29, 0.717) is 5.15 Å². The topological polar surface area (TPSA) is 58.0 Å². The number of aryl methyl sites for hydroxylation is 1. The summed E-state index contributed by atoms with van der Waals surface area (Å²) in [5.74, 6) is 0.718. The number of rotatable bonds is 2. The molecule has 4 nitrogen and oxygen atoms in total. The van der Waals surface area contributed by atoms with Crippen molar-refractivity contribution in [3.63, 3.8) is 0 Å². The summed E-state index contributed by atoms with van der Waals surface area (Å²) in [4.78, 5) is 0. The Bertz CT molecular complexity index is 372. The Balaban J connectivity index is 2.07. The second-order valence-electron chi connectivity index (χ2n) is 4.30. The summed E-state index contributed by atoms with van der Waals surface area (Å²) in [5, 5.41) is 21.3. The number of aromatic nitrogens is 2. The smallest absolute Gasteiger partial charge is 0.152 e. The second-order valence-corrected chi connectivity index (χ2v) is 4.69. The van der Waals surface area contributed by atoms with Gasteiger partial charge in [0.25, 0.3) is 0 Å². The summed E-state index contributed by atoms with van der Waals surface area (Å²) in [5.41, 5.74) is 0.956. The van der Waals surface area contributed by atoms with Crippen LogP contribution in [0.1, 0.15) is 31.2 Å². The fourth-order valence-electron chi connectivity index (χ4n) is 2.05. The van der Waals surface area contributed by atoms with Crippen LogP contribution < -0.4 is 5.32 Å². The van der Waals surface area contributed by atoms with Crippen LogP contribution in [0, 0.1) is 6.92 Å². The van der Waals surface area contributed by atoms with Gasteiger partial charge in [0.05, 0.1) is 12.1 Å². The molecule has 1 saturated carbocycles. The highest BCUT2D eigenvalue weighted by Crippen LogP contribution is 2.23. The molecule has 0 bridgehead atoms. The van der Waals surface area contributed by atoms with Crippen LogP contribution in [0.15, 0.2) is 6.07 Å². The average Bonchev–Trinajstić information content (AvgIpc) is 2.25. The van der Waals surface area contributed by atoms with E-state index in [2.05, 4.69) is 15.5 Å². The van der Waals surface area contributed by atoms with Gasteiger partial charge in [-0.15, -0.1) is 10.2 Å². The molecule has 1 heterocycles. The van der Waals surface area contributed by atoms with Crippen molar-refractivity contribution in [3.05, 3.63) is 16.8 Å². The van der Waals surface area contributed by atoms with Gasteiger partial charge in [-0.2, -0.15) is 0 Å². The molecule has 2 atom stereocenters. The SMILES string of the molecule is Cc1cc(Cl)nnc1N[C@@H]1CCCC[C@H]1O. The molecule has 88 valence electrons. The highest BCUT2D eigenvalue weighted by molar-refractivity contribution is 6.29. The third-order valence-corrected chi connectivity index (χ3v) is 3.19. The fourth-order valence-corrected chi connectivity index (χ4v) is 2.25. The third-order valence-electron chi connectivity index (χ3n) is 3.01. The molecule has 1 aliphatic carbocycles. The number of anilines is 1. The number of nitrogens with one attached hydrogen (secondary N) is 1. The molecule has 16 heavy (non-hydrogen) atoms. The van der Waals surface area contributed by atoms with E-state index >= 15 is 0 Å². The van der Waals surface area contributed by atoms with Crippen molar-refractivity contribution < 1.29 is 5.11 Å². The highest BCUT2D eigenvalue weighted by Gasteiger charge is 2.23. The second kappa shape index (κ2) is 4.97. The van der Waals surface area contributed by atoms with Crippen molar-refractivity contribution in [1.29, 1.82) is 0 Å². The lowest BCUT2D eigenvalue weighted by molar-refractivity contribution is 0.116. The summed E-state index contributed by atoms with van der Waals surface area (Å²) < 4.78 is 0. The van der Waals surface area contributed by atoms with E-state index in [0.717, 1.165) is 37.1 Å². The molecule has 2 N–H and O–H groups in total. The van der Waals surface area contributed by atoms with E-state index in [4.69, 9.17) is 11.6 Å². The van der Waals surface area contributed by atoms with E-state index in [1.165, 1.54) is 0 Å². The van der Waals surface area contributed by atoms with Crippen LogP contribution in [0.5, 0.6) is 0 Å². The van der Waals surface area contributed by atoms with Gasteiger partial charge in [0, 0.05) is 0 Å². The van der Waals surface area contributed by atoms with Gasteiger partial charge in [-0.05, 0) is 31.4 Å². The summed E-state index contributed by atoms with van der Waals surface area (Å²) in [6.45, 7) is 1.93. The molecule has 1 aromatic heterocycles. The van der Waals surface area contributed by atoms with Gasteiger partial charge in [0.2, 0.25) is 0 Å². The van der Waals surface area contributed by atoms with Gasteiger partial charge in [0.15, 0.2) is 11.0 Å². The third kappa shape index (κ3) is 2.62. The Morgan fingerprint density at radius 1 is 1.38 bits per heavy atom. The zero-order chi connectivity index (χ0) is 11.5. The summed E-state index contributed by atoms with van der Waals surface area (Å²) in [6, 6.07) is 1.86. The molecular formula is C11H16ClN3O. The minimum absolute atomic E-state index is 0.0860. The molecule has 1 aromatic rings. The van der Waals surface area contributed by atoms with Gasteiger partial charge < -0.3 is 10.4 Å². The summed E-state index contributed by atoms with van der Waals surface area (Å²) in [6.07, 6.45) is 3.80. The van der Waals surface area contributed by atoms with E-state index in [-0.39, 0.29) is 12.1 Å². The highest BCUT2D eigenvalue weighted by atomic mass is 35.5.